The molecule has 5 rings (SSSR count). The van der Waals surface area contributed by atoms with Crippen LogP contribution in [0.2, 0.25) is 0 Å². The molecule has 1 amide bonds. The van der Waals surface area contributed by atoms with E-state index in [2.05, 4.69) is 53.3 Å². The van der Waals surface area contributed by atoms with Gasteiger partial charge >= 0.3 is 5.97 Å². The molecule has 2 bridgehead atoms. The van der Waals surface area contributed by atoms with E-state index < -0.39 is 5.97 Å². The lowest BCUT2D eigenvalue weighted by atomic mass is 9.44. The molecule has 4 nitrogen and oxygen atoms in total. The first-order chi connectivity index (χ1) is 14.8. The second kappa shape index (κ2) is 9.07. The molecule has 1 aromatic carbocycles. The Morgan fingerprint density at radius 3 is 2.84 bits per heavy atom. The number of allylic oxidation sites excluding steroid dienone is 2. The van der Waals surface area contributed by atoms with Gasteiger partial charge in [-0.05, 0) is 67.4 Å². The molecular weight excluding hydrogens is 474 g/mol. The van der Waals surface area contributed by atoms with Crippen LogP contribution in [0, 0.1) is 23.2 Å². The Kier molecular flexibility index (Phi) is 6.59. The Balaban J connectivity index is 1.45. The smallest absolute Gasteiger partial charge is 0.303 e. The van der Waals surface area contributed by atoms with Crippen LogP contribution in [0.5, 0.6) is 0 Å². The maximum absolute atomic E-state index is 13.3. The molecule has 6 heteroatoms. The van der Waals surface area contributed by atoms with Gasteiger partial charge in [0.25, 0.3) is 5.91 Å². The van der Waals surface area contributed by atoms with Gasteiger partial charge in [-0.2, -0.15) is 0 Å². The van der Waals surface area contributed by atoms with Crippen LogP contribution in [-0.2, 0) is 4.79 Å². The number of hydrogen-bond acceptors (Lipinski definition) is 3. The van der Waals surface area contributed by atoms with Gasteiger partial charge in [0, 0.05) is 32.4 Å². The molecule has 1 heterocycles. The minimum atomic E-state index is -0.737. The summed E-state index contributed by atoms with van der Waals surface area (Å²) in [5.41, 5.74) is 1.05. The molecule has 0 radical (unpaired) electrons. The van der Waals surface area contributed by atoms with Crippen molar-refractivity contribution in [3.63, 3.8) is 0 Å². The van der Waals surface area contributed by atoms with Gasteiger partial charge in [-0.3, -0.25) is 9.59 Å². The maximum Gasteiger partial charge on any atom is 0.303 e. The van der Waals surface area contributed by atoms with Gasteiger partial charge in [-0.25, -0.2) is 0 Å². The Morgan fingerprint density at radius 1 is 1.29 bits per heavy atom. The number of unbranched alkanes of at least 4 members (excludes halogenated alkanes) is 1. The summed E-state index contributed by atoms with van der Waals surface area (Å²) < 4.78 is 2.15. The van der Waals surface area contributed by atoms with E-state index in [-0.39, 0.29) is 23.8 Å². The Labute approximate surface area is 196 Å². The first-order valence-electron chi connectivity index (χ1n) is 11.1. The first-order valence-corrected chi connectivity index (χ1v) is 12.8. The van der Waals surface area contributed by atoms with Crippen molar-refractivity contribution < 1.29 is 14.7 Å². The average Bonchev–Trinajstić information content (AvgIpc) is 3.13. The maximum atomic E-state index is 13.3. The fraction of sp³-hybridized carbons (Fsp3) is 0.520. The molecule has 0 unspecified atom stereocenters. The second-order valence-electron chi connectivity index (χ2n) is 9.64. The number of benzene rings is 1. The molecule has 4 atom stereocenters. The van der Waals surface area contributed by atoms with Crippen molar-refractivity contribution in [3.8, 4) is 0 Å². The predicted molar refractivity (Wildman–Crippen MR) is 130 cm³/mol. The lowest BCUT2D eigenvalue weighted by molar-refractivity contribution is -0.137. The van der Waals surface area contributed by atoms with Crippen LogP contribution in [-0.4, -0.2) is 23.0 Å². The summed E-state index contributed by atoms with van der Waals surface area (Å²) in [6.07, 6.45) is 9.28. The standard InChI is InChI=1S/C25H30BrNO3S/c1-25(2)16-11-15(7-5-3-4-6-8-22(28)29)23(20(25)12-16)27-24(30)19-14-31-21-13-17(26)9-10-18(19)21/h3,5,9-10,13-16,20,23H,4,6-8,11-12H2,1-2H3,(H,27,30)(H,28,29)/b5-3-/t15-,16+,20+,23+/m0/s1. The summed E-state index contributed by atoms with van der Waals surface area (Å²) in [5, 5.41) is 15.2. The van der Waals surface area contributed by atoms with E-state index in [4.69, 9.17) is 5.11 Å². The molecule has 0 saturated heterocycles. The van der Waals surface area contributed by atoms with Gasteiger partial charge in [-0.1, -0.05) is 48.0 Å². The zero-order valence-electron chi connectivity index (χ0n) is 18.1. The third-order valence-corrected chi connectivity index (χ3v) is 8.96. The highest BCUT2D eigenvalue weighted by atomic mass is 79.9. The summed E-state index contributed by atoms with van der Waals surface area (Å²) >= 11 is 5.12. The minimum absolute atomic E-state index is 0.0372. The van der Waals surface area contributed by atoms with Crippen molar-refractivity contribution in [3.05, 3.63) is 45.8 Å². The van der Waals surface area contributed by atoms with E-state index in [0.29, 0.717) is 18.3 Å². The lowest BCUT2D eigenvalue weighted by Crippen LogP contribution is -2.63. The van der Waals surface area contributed by atoms with Gasteiger partial charge in [-0.15, -0.1) is 11.3 Å². The van der Waals surface area contributed by atoms with Crippen LogP contribution in [0.15, 0.2) is 40.2 Å². The summed E-state index contributed by atoms with van der Waals surface area (Å²) in [6, 6.07) is 6.26. The van der Waals surface area contributed by atoms with E-state index in [1.807, 2.05) is 17.5 Å². The lowest BCUT2D eigenvalue weighted by Gasteiger charge is -2.62. The molecule has 3 saturated carbocycles. The number of hydrogen-bond donors (Lipinski definition) is 2. The van der Waals surface area contributed by atoms with Crippen molar-refractivity contribution in [1.29, 1.82) is 0 Å². The van der Waals surface area contributed by atoms with Crippen molar-refractivity contribution in [1.82, 2.24) is 5.32 Å². The fourth-order valence-electron chi connectivity index (χ4n) is 5.53. The van der Waals surface area contributed by atoms with Gasteiger partial charge < -0.3 is 10.4 Å². The predicted octanol–water partition coefficient (Wildman–Crippen LogP) is 6.65. The number of thiophene rings is 1. The van der Waals surface area contributed by atoms with Gasteiger partial charge in [0.05, 0.1) is 5.56 Å². The average molecular weight is 504 g/mol. The van der Waals surface area contributed by atoms with Crippen molar-refractivity contribution >= 4 is 49.2 Å². The monoisotopic (exact) mass is 503 g/mol. The van der Waals surface area contributed by atoms with E-state index in [0.717, 1.165) is 45.3 Å². The highest BCUT2D eigenvalue weighted by Gasteiger charge is 2.57. The van der Waals surface area contributed by atoms with E-state index in [9.17, 15) is 9.59 Å². The van der Waals surface area contributed by atoms with E-state index in [1.165, 1.54) is 6.42 Å². The van der Waals surface area contributed by atoms with Crippen LogP contribution in [0.4, 0.5) is 0 Å². The van der Waals surface area contributed by atoms with Crippen LogP contribution in [0.3, 0.4) is 0 Å². The Hall–Kier alpha value is -1.66. The zero-order chi connectivity index (χ0) is 22.2. The summed E-state index contributed by atoms with van der Waals surface area (Å²) in [7, 11) is 0. The molecule has 31 heavy (non-hydrogen) atoms. The molecule has 3 aliphatic carbocycles. The number of carbonyl (C=O) groups is 2. The summed E-state index contributed by atoms with van der Waals surface area (Å²) in [6.45, 7) is 4.70. The summed E-state index contributed by atoms with van der Waals surface area (Å²) in [5.74, 6) is 0.986. The number of rotatable bonds is 8. The number of carbonyl (C=O) groups excluding carboxylic acids is 1. The zero-order valence-corrected chi connectivity index (χ0v) is 20.5. The first kappa shape index (κ1) is 22.5. The number of carboxylic acid groups (broad SMARTS) is 1. The van der Waals surface area contributed by atoms with Gasteiger partial charge in [0.1, 0.15) is 0 Å². The highest BCUT2D eigenvalue weighted by Crippen LogP contribution is 2.61. The van der Waals surface area contributed by atoms with Crippen molar-refractivity contribution in [2.75, 3.05) is 0 Å². The van der Waals surface area contributed by atoms with E-state index in [1.54, 1.807) is 11.3 Å². The third-order valence-electron chi connectivity index (χ3n) is 7.52. The second-order valence-corrected chi connectivity index (χ2v) is 11.5. The molecule has 3 fully saturated rings. The minimum Gasteiger partial charge on any atom is -0.481 e. The van der Waals surface area contributed by atoms with Crippen LogP contribution < -0.4 is 5.32 Å². The number of fused-ring (bicyclic) bond motifs is 3. The Morgan fingerprint density at radius 2 is 2.10 bits per heavy atom. The molecule has 2 aromatic rings. The molecule has 3 aliphatic rings. The van der Waals surface area contributed by atoms with E-state index >= 15 is 0 Å². The van der Waals surface area contributed by atoms with Crippen LogP contribution >= 0.6 is 27.3 Å². The van der Waals surface area contributed by atoms with Crippen LogP contribution in [0.25, 0.3) is 10.1 Å². The molecular formula is C25H30BrNO3S. The molecule has 166 valence electrons. The third kappa shape index (κ3) is 4.61. The van der Waals surface area contributed by atoms with Crippen LogP contribution in [0.1, 0.15) is 62.7 Å². The number of amides is 1. The van der Waals surface area contributed by atoms with Gasteiger partial charge in [0.15, 0.2) is 0 Å². The van der Waals surface area contributed by atoms with Crippen molar-refractivity contribution in [2.45, 2.75) is 58.4 Å². The largest absolute Gasteiger partial charge is 0.481 e. The number of aliphatic carboxylic acids is 1. The SMILES string of the molecule is CC1(C)[C@@H]2C[C@H](C/C=C\CCCC(=O)O)[C@@H](NC(=O)c3csc4cc(Br)ccc34)[C@H]1C2. The highest BCUT2D eigenvalue weighted by molar-refractivity contribution is 9.10. The quantitative estimate of drug-likeness (QED) is 0.313. The molecule has 2 N–H and O–H groups in total. The number of halogens is 1. The van der Waals surface area contributed by atoms with Gasteiger partial charge in [0.2, 0.25) is 0 Å². The molecule has 1 aromatic heterocycles. The number of nitrogens with one attached hydrogen (secondary N) is 1. The Bertz CT molecular complexity index is 1010. The summed E-state index contributed by atoms with van der Waals surface area (Å²) in [4.78, 5) is 23.9. The fourth-order valence-corrected chi connectivity index (χ4v) is 7.03. The normalized spacial score (nSPS) is 26.7. The number of carboxylic acids is 1. The van der Waals surface area contributed by atoms with Crippen molar-refractivity contribution in [2.24, 2.45) is 23.2 Å². The molecule has 0 spiro atoms. The molecule has 0 aliphatic heterocycles. The topological polar surface area (TPSA) is 66.4 Å².